The van der Waals surface area contributed by atoms with Crippen LogP contribution in [0.2, 0.25) is 0 Å². The summed E-state index contributed by atoms with van der Waals surface area (Å²) in [6.07, 6.45) is 7.51. The van der Waals surface area contributed by atoms with E-state index >= 15 is 0 Å². The lowest BCUT2D eigenvalue weighted by Gasteiger charge is -2.33. The first-order valence-electron chi connectivity index (χ1n) is 9.72. The van der Waals surface area contributed by atoms with E-state index in [4.69, 9.17) is 4.74 Å². The minimum absolute atomic E-state index is 0.0155. The van der Waals surface area contributed by atoms with E-state index in [1.807, 2.05) is 0 Å². The summed E-state index contributed by atoms with van der Waals surface area (Å²) in [5.74, 6) is 0.761. The quantitative estimate of drug-likeness (QED) is 0.536. The summed E-state index contributed by atoms with van der Waals surface area (Å²) >= 11 is 0. The number of hydrogen-bond donors (Lipinski definition) is 2. The van der Waals surface area contributed by atoms with Gasteiger partial charge in [0.25, 0.3) is 0 Å². The van der Waals surface area contributed by atoms with Crippen LogP contribution in [0.5, 0.6) is 0 Å². The van der Waals surface area contributed by atoms with Gasteiger partial charge in [-0.25, -0.2) is 4.99 Å². The smallest absolute Gasteiger partial charge is 0.243 e. The summed E-state index contributed by atoms with van der Waals surface area (Å²) in [6, 6.07) is 1.28. The first kappa shape index (κ1) is 18.5. The van der Waals surface area contributed by atoms with Gasteiger partial charge in [0, 0.05) is 52.4 Å². The van der Waals surface area contributed by atoms with E-state index in [0.717, 1.165) is 63.9 Å². The maximum Gasteiger partial charge on any atom is 0.243 e. The fourth-order valence-corrected chi connectivity index (χ4v) is 3.50. The summed E-state index contributed by atoms with van der Waals surface area (Å²) < 4.78 is 5.68. The van der Waals surface area contributed by atoms with Crippen LogP contribution in [0.4, 0.5) is 0 Å². The number of nitrogens with zero attached hydrogens (tertiary/aromatic N) is 3. The van der Waals surface area contributed by atoms with Crippen LogP contribution < -0.4 is 10.6 Å². The summed E-state index contributed by atoms with van der Waals surface area (Å²) in [7, 11) is 3.52. The highest BCUT2D eigenvalue weighted by atomic mass is 16.5. The zero-order chi connectivity index (χ0) is 17.6. The van der Waals surface area contributed by atoms with Crippen molar-refractivity contribution in [2.75, 3.05) is 46.9 Å². The molecule has 0 aromatic rings. The van der Waals surface area contributed by atoms with E-state index in [-0.39, 0.29) is 18.6 Å². The zero-order valence-electron chi connectivity index (χ0n) is 15.7. The molecule has 0 spiro atoms. The van der Waals surface area contributed by atoms with Gasteiger partial charge in [-0.3, -0.25) is 4.79 Å². The number of amides is 1. The summed E-state index contributed by atoms with van der Waals surface area (Å²) in [5, 5.41) is 6.92. The van der Waals surface area contributed by atoms with E-state index in [2.05, 4.69) is 20.5 Å². The molecule has 0 aromatic heterocycles. The Morgan fingerprint density at radius 3 is 2.56 bits per heavy atom. The molecule has 2 saturated heterocycles. The number of carbonyl (C=O) groups excluding carboxylic acids is 1. The van der Waals surface area contributed by atoms with Crippen molar-refractivity contribution >= 4 is 11.9 Å². The third-order valence-electron chi connectivity index (χ3n) is 5.33. The standard InChI is InChI=1S/C18H33N5O2/c1-22(2)17(24)13-20-18(19-12-16-4-3-11-25-16)21-14-7-9-23(10-8-14)15-5-6-15/h14-16H,3-13H2,1-2H3,(H2,19,20,21). The second-order valence-corrected chi connectivity index (χ2v) is 7.65. The second-order valence-electron chi connectivity index (χ2n) is 7.65. The number of nitrogens with one attached hydrogen (secondary N) is 2. The van der Waals surface area contributed by atoms with Gasteiger partial charge >= 0.3 is 0 Å². The highest BCUT2D eigenvalue weighted by Gasteiger charge is 2.32. The van der Waals surface area contributed by atoms with Gasteiger partial charge in [0.1, 0.15) is 6.54 Å². The van der Waals surface area contributed by atoms with Crippen molar-refractivity contribution in [3.63, 3.8) is 0 Å². The largest absolute Gasteiger partial charge is 0.376 e. The number of guanidine groups is 1. The predicted molar refractivity (Wildman–Crippen MR) is 98.7 cm³/mol. The summed E-state index contributed by atoms with van der Waals surface area (Å²) in [5.41, 5.74) is 0. The van der Waals surface area contributed by atoms with Crippen LogP contribution in [-0.2, 0) is 9.53 Å². The molecule has 2 N–H and O–H groups in total. The van der Waals surface area contributed by atoms with Gasteiger partial charge in [-0.1, -0.05) is 0 Å². The van der Waals surface area contributed by atoms with Crippen LogP contribution in [-0.4, -0.2) is 86.7 Å². The normalized spacial score (nSPS) is 25.8. The lowest BCUT2D eigenvalue weighted by Crippen LogP contribution is -2.50. The molecule has 142 valence electrons. The van der Waals surface area contributed by atoms with Crippen molar-refractivity contribution in [2.45, 2.75) is 56.7 Å². The van der Waals surface area contributed by atoms with E-state index in [1.165, 1.54) is 12.8 Å². The molecule has 0 radical (unpaired) electrons. The van der Waals surface area contributed by atoms with Gasteiger partial charge in [0.15, 0.2) is 5.96 Å². The number of carbonyl (C=O) groups is 1. The molecule has 3 aliphatic rings. The summed E-state index contributed by atoms with van der Waals surface area (Å²) in [6.45, 7) is 4.11. The van der Waals surface area contributed by atoms with Crippen LogP contribution in [0.1, 0.15) is 38.5 Å². The van der Waals surface area contributed by atoms with Crippen LogP contribution in [0.25, 0.3) is 0 Å². The molecular formula is C18H33N5O2. The SMILES string of the molecule is CN(C)C(=O)CN=C(NCC1CCCO1)NC1CCN(C2CC2)CC1. The van der Waals surface area contributed by atoms with Crippen LogP contribution in [0, 0.1) is 0 Å². The van der Waals surface area contributed by atoms with Crippen LogP contribution >= 0.6 is 0 Å². The topological polar surface area (TPSA) is 69.2 Å². The van der Waals surface area contributed by atoms with E-state index in [0.29, 0.717) is 6.04 Å². The fourth-order valence-electron chi connectivity index (χ4n) is 3.50. The third-order valence-corrected chi connectivity index (χ3v) is 5.33. The molecule has 0 aromatic carbocycles. The minimum Gasteiger partial charge on any atom is -0.376 e. The van der Waals surface area contributed by atoms with E-state index in [1.54, 1.807) is 19.0 Å². The molecule has 2 aliphatic heterocycles. The molecule has 2 heterocycles. The maximum absolute atomic E-state index is 11.9. The molecule has 7 nitrogen and oxygen atoms in total. The average molecular weight is 351 g/mol. The van der Waals surface area contributed by atoms with Crippen LogP contribution in [0.15, 0.2) is 4.99 Å². The van der Waals surface area contributed by atoms with Crippen molar-refractivity contribution in [3.05, 3.63) is 0 Å². The predicted octanol–water partition coefficient (Wildman–Crippen LogP) is 0.416. The van der Waals surface area contributed by atoms with Gasteiger partial charge in [-0.15, -0.1) is 0 Å². The fraction of sp³-hybridized carbons (Fsp3) is 0.889. The molecule has 1 saturated carbocycles. The third kappa shape index (κ3) is 5.85. The highest BCUT2D eigenvalue weighted by Crippen LogP contribution is 2.29. The van der Waals surface area contributed by atoms with Gasteiger partial charge in [0.2, 0.25) is 5.91 Å². The van der Waals surface area contributed by atoms with Crippen LogP contribution in [0.3, 0.4) is 0 Å². The zero-order valence-corrected chi connectivity index (χ0v) is 15.7. The minimum atomic E-state index is 0.0155. The lowest BCUT2D eigenvalue weighted by atomic mass is 10.1. The Bertz CT molecular complexity index is 464. The Hall–Kier alpha value is -1.34. The average Bonchev–Trinajstić information content (AvgIpc) is 3.33. The van der Waals surface area contributed by atoms with Gasteiger partial charge in [0.05, 0.1) is 6.10 Å². The van der Waals surface area contributed by atoms with Crippen molar-refractivity contribution < 1.29 is 9.53 Å². The molecule has 0 bridgehead atoms. The Kier molecular flexibility index (Phi) is 6.53. The van der Waals surface area contributed by atoms with Gasteiger partial charge in [-0.2, -0.15) is 0 Å². The molecule has 7 heteroatoms. The van der Waals surface area contributed by atoms with E-state index in [9.17, 15) is 4.79 Å². The van der Waals surface area contributed by atoms with Crippen molar-refractivity contribution in [1.82, 2.24) is 20.4 Å². The molecule has 1 amide bonds. The number of ether oxygens (including phenoxy) is 1. The maximum atomic E-state index is 11.9. The van der Waals surface area contributed by atoms with Crippen molar-refractivity contribution in [2.24, 2.45) is 4.99 Å². The van der Waals surface area contributed by atoms with Crippen molar-refractivity contribution in [1.29, 1.82) is 0 Å². The van der Waals surface area contributed by atoms with E-state index < -0.39 is 0 Å². The lowest BCUT2D eigenvalue weighted by molar-refractivity contribution is -0.127. The second kappa shape index (κ2) is 8.85. The molecule has 1 unspecified atom stereocenters. The Labute approximate surface area is 151 Å². The number of rotatable bonds is 6. The first-order chi connectivity index (χ1) is 12.1. The molecule has 1 aliphatic carbocycles. The Morgan fingerprint density at radius 2 is 1.96 bits per heavy atom. The summed E-state index contributed by atoms with van der Waals surface area (Å²) in [4.78, 5) is 20.6. The monoisotopic (exact) mass is 351 g/mol. The number of piperidine rings is 1. The molecular weight excluding hydrogens is 318 g/mol. The number of likely N-dealkylation sites (N-methyl/N-ethyl adjacent to an activating group) is 1. The first-order valence-corrected chi connectivity index (χ1v) is 9.72. The number of aliphatic imine (C=N–C) groups is 1. The number of hydrogen-bond acceptors (Lipinski definition) is 4. The highest BCUT2D eigenvalue weighted by molar-refractivity contribution is 5.84. The van der Waals surface area contributed by atoms with Gasteiger partial charge in [-0.05, 0) is 38.5 Å². The molecule has 1 atom stereocenters. The van der Waals surface area contributed by atoms with Crippen molar-refractivity contribution in [3.8, 4) is 0 Å². The van der Waals surface area contributed by atoms with Gasteiger partial charge < -0.3 is 25.2 Å². The Morgan fingerprint density at radius 1 is 1.20 bits per heavy atom. The number of likely N-dealkylation sites (tertiary alicyclic amines) is 1. The molecule has 3 fully saturated rings. The molecule has 25 heavy (non-hydrogen) atoms. The Balaban J connectivity index is 1.49. The molecule has 3 rings (SSSR count).